The lowest BCUT2D eigenvalue weighted by Gasteiger charge is -2.20. The van der Waals surface area contributed by atoms with E-state index in [2.05, 4.69) is 57.1 Å². The second-order valence-corrected chi connectivity index (χ2v) is 7.67. The molecule has 0 saturated carbocycles. The van der Waals surface area contributed by atoms with Crippen LogP contribution in [0.1, 0.15) is 19.4 Å². The minimum Gasteiger partial charge on any atom is -0.372 e. The van der Waals surface area contributed by atoms with Gasteiger partial charge in [-0.3, -0.25) is 4.79 Å². The van der Waals surface area contributed by atoms with Crippen molar-refractivity contribution in [2.24, 2.45) is 4.99 Å². The van der Waals surface area contributed by atoms with Crippen LogP contribution in [0.15, 0.2) is 62.9 Å². The van der Waals surface area contributed by atoms with Crippen LogP contribution in [0.4, 0.5) is 11.4 Å². The number of aliphatic imine (C=N–C) groups is 1. The number of thioether (sulfide) groups is 1. The fourth-order valence-corrected chi connectivity index (χ4v) is 3.74. The molecule has 3 rings (SSSR count). The number of halogens is 1. The molecule has 0 aliphatic carbocycles. The molecule has 1 aliphatic rings. The summed E-state index contributed by atoms with van der Waals surface area (Å²) in [5.74, 6) is -0.112. The van der Waals surface area contributed by atoms with E-state index in [1.54, 1.807) is 0 Å². The number of rotatable bonds is 5. The first-order chi connectivity index (χ1) is 12.6. The highest BCUT2D eigenvalue weighted by atomic mass is 79.9. The number of benzene rings is 2. The van der Waals surface area contributed by atoms with Gasteiger partial charge in [0.05, 0.1) is 10.6 Å². The van der Waals surface area contributed by atoms with Crippen LogP contribution in [0.5, 0.6) is 0 Å². The summed E-state index contributed by atoms with van der Waals surface area (Å²) in [6, 6.07) is 15.9. The van der Waals surface area contributed by atoms with Crippen LogP contribution < -0.4 is 10.2 Å². The first kappa shape index (κ1) is 18.7. The van der Waals surface area contributed by atoms with E-state index >= 15 is 0 Å². The highest BCUT2D eigenvalue weighted by molar-refractivity contribution is 9.10. The quantitative estimate of drug-likeness (QED) is 0.665. The van der Waals surface area contributed by atoms with E-state index in [1.807, 2.05) is 42.5 Å². The molecule has 1 amide bonds. The maximum Gasteiger partial charge on any atom is 0.264 e. The molecule has 0 spiro atoms. The molecule has 0 atom stereocenters. The molecule has 0 aromatic heterocycles. The summed E-state index contributed by atoms with van der Waals surface area (Å²) in [6.07, 6.45) is 1.90. The molecular weight excluding hydrogens is 410 g/mol. The van der Waals surface area contributed by atoms with Gasteiger partial charge in [-0.15, -0.1) is 0 Å². The molecule has 0 unspecified atom stereocenters. The van der Waals surface area contributed by atoms with Gasteiger partial charge >= 0.3 is 0 Å². The van der Waals surface area contributed by atoms with E-state index in [0.717, 1.165) is 28.8 Å². The highest BCUT2D eigenvalue weighted by Crippen LogP contribution is 2.29. The van der Waals surface area contributed by atoms with E-state index in [4.69, 9.17) is 0 Å². The van der Waals surface area contributed by atoms with E-state index in [0.29, 0.717) is 10.1 Å². The van der Waals surface area contributed by atoms with Gasteiger partial charge in [-0.1, -0.05) is 28.1 Å². The monoisotopic (exact) mass is 429 g/mol. The summed E-state index contributed by atoms with van der Waals surface area (Å²) < 4.78 is 0.998. The van der Waals surface area contributed by atoms with Gasteiger partial charge in [-0.2, -0.15) is 0 Å². The van der Waals surface area contributed by atoms with Gasteiger partial charge in [0.1, 0.15) is 0 Å². The van der Waals surface area contributed by atoms with E-state index in [-0.39, 0.29) is 5.91 Å². The van der Waals surface area contributed by atoms with Crippen molar-refractivity contribution in [1.29, 1.82) is 0 Å². The van der Waals surface area contributed by atoms with Crippen molar-refractivity contribution in [2.75, 3.05) is 18.0 Å². The van der Waals surface area contributed by atoms with Gasteiger partial charge < -0.3 is 10.2 Å². The topological polar surface area (TPSA) is 44.7 Å². The number of hydrogen-bond acceptors (Lipinski definition) is 4. The maximum atomic E-state index is 12.2. The molecule has 0 bridgehead atoms. The fourth-order valence-electron chi connectivity index (χ4n) is 2.63. The van der Waals surface area contributed by atoms with Crippen molar-refractivity contribution >= 4 is 56.2 Å². The third kappa shape index (κ3) is 4.56. The molecule has 6 heteroatoms. The molecule has 1 heterocycles. The Kier molecular flexibility index (Phi) is 6.16. The summed E-state index contributed by atoms with van der Waals surface area (Å²) >= 11 is 4.76. The predicted molar refractivity (Wildman–Crippen MR) is 115 cm³/mol. The molecule has 134 valence electrons. The van der Waals surface area contributed by atoms with Crippen LogP contribution in [0.25, 0.3) is 6.08 Å². The molecule has 1 fully saturated rings. The SMILES string of the molecule is CCN(CC)c1ccc(/C=C2/SC(=Nc3ccc(Br)cc3)NC2=O)cc1. The van der Waals surface area contributed by atoms with Crippen molar-refractivity contribution < 1.29 is 4.79 Å². The van der Waals surface area contributed by atoms with Crippen molar-refractivity contribution in [1.82, 2.24) is 5.32 Å². The Bertz CT molecular complexity index is 840. The van der Waals surface area contributed by atoms with Crippen LogP contribution >= 0.6 is 27.7 Å². The summed E-state index contributed by atoms with van der Waals surface area (Å²) in [7, 11) is 0. The number of nitrogens with zero attached hydrogens (tertiary/aromatic N) is 2. The average Bonchev–Trinajstić information content (AvgIpc) is 2.98. The Morgan fingerprint density at radius 3 is 2.35 bits per heavy atom. The third-order valence-electron chi connectivity index (χ3n) is 4.03. The molecule has 1 saturated heterocycles. The zero-order valence-corrected chi connectivity index (χ0v) is 17.1. The Morgan fingerprint density at radius 2 is 1.73 bits per heavy atom. The molecular formula is C20H20BrN3OS. The number of carbonyl (C=O) groups excluding carboxylic acids is 1. The van der Waals surface area contributed by atoms with Crippen LogP contribution in [-0.4, -0.2) is 24.2 Å². The Morgan fingerprint density at radius 1 is 1.08 bits per heavy atom. The van der Waals surface area contributed by atoms with Crippen LogP contribution in [0.3, 0.4) is 0 Å². The molecule has 2 aromatic rings. The number of nitrogens with one attached hydrogen (secondary N) is 1. The summed E-state index contributed by atoms with van der Waals surface area (Å²) in [5, 5.41) is 3.42. The summed E-state index contributed by atoms with van der Waals surface area (Å²) in [4.78, 5) is 19.6. The lowest BCUT2D eigenvalue weighted by molar-refractivity contribution is -0.115. The second-order valence-electron chi connectivity index (χ2n) is 5.72. The summed E-state index contributed by atoms with van der Waals surface area (Å²) in [5.41, 5.74) is 3.00. The minimum absolute atomic E-state index is 0.112. The number of anilines is 1. The standard InChI is InChI=1S/C20H20BrN3OS/c1-3-24(4-2)17-11-5-14(6-12-17)13-18-19(25)23-20(26-18)22-16-9-7-15(21)8-10-16/h5-13H,3-4H2,1-2H3,(H,22,23,25)/b18-13+. The number of hydrogen-bond donors (Lipinski definition) is 1. The van der Waals surface area contributed by atoms with Gasteiger partial charge in [-0.05, 0) is 73.6 Å². The molecule has 4 nitrogen and oxygen atoms in total. The highest BCUT2D eigenvalue weighted by Gasteiger charge is 2.23. The van der Waals surface area contributed by atoms with Crippen molar-refractivity contribution in [3.05, 3.63) is 63.5 Å². The van der Waals surface area contributed by atoms with E-state index < -0.39 is 0 Å². The Balaban J connectivity index is 1.75. The minimum atomic E-state index is -0.112. The van der Waals surface area contributed by atoms with Gasteiger partial charge in [0.2, 0.25) is 0 Å². The molecule has 1 aliphatic heterocycles. The first-order valence-corrected chi connectivity index (χ1v) is 10.1. The Hall–Kier alpha value is -2.05. The maximum absolute atomic E-state index is 12.2. The molecule has 26 heavy (non-hydrogen) atoms. The van der Waals surface area contributed by atoms with E-state index in [9.17, 15) is 4.79 Å². The fraction of sp³-hybridized carbons (Fsp3) is 0.200. The first-order valence-electron chi connectivity index (χ1n) is 8.49. The normalized spacial score (nSPS) is 17.0. The van der Waals surface area contributed by atoms with Crippen molar-refractivity contribution in [3.63, 3.8) is 0 Å². The van der Waals surface area contributed by atoms with Crippen LogP contribution in [-0.2, 0) is 4.79 Å². The molecule has 2 aromatic carbocycles. The zero-order valence-electron chi connectivity index (χ0n) is 14.7. The number of carbonyl (C=O) groups is 1. The number of amides is 1. The summed E-state index contributed by atoms with van der Waals surface area (Å²) in [6.45, 7) is 6.24. The van der Waals surface area contributed by atoms with Crippen LogP contribution in [0.2, 0.25) is 0 Å². The lowest BCUT2D eigenvalue weighted by Crippen LogP contribution is -2.21. The van der Waals surface area contributed by atoms with Gasteiger partial charge in [0.15, 0.2) is 5.17 Å². The largest absolute Gasteiger partial charge is 0.372 e. The Labute approximate surface area is 166 Å². The third-order valence-corrected chi connectivity index (χ3v) is 5.47. The van der Waals surface area contributed by atoms with Gasteiger partial charge in [-0.25, -0.2) is 4.99 Å². The molecule has 0 radical (unpaired) electrons. The van der Waals surface area contributed by atoms with E-state index in [1.165, 1.54) is 17.4 Å². The predicted octanol–water partition coefficient (Wildman–Crippen LogP) is 5.19. The molecule has 1 N–H and O–H groups in total. The van der Waals surface area contributed by atoms with Crippen molar-refractivity contribution in [3.8, 4) is 0 Å². The average molecular weight is 430 g/mol. The lowest BCUT2D eigenvalue weighted by atomic mass is 10.2. The van der Waals surface area contributed by atoms with Gasteiger partial charge in [0.25, 0.3) is 5.91 Å². The second kappa shape index (κ2) is 8.56. The zero-order chi connectivity index (χ0) is 18.5. The van der Waals surface area contributed by atoms with Crippen LogP contribution in [0, 0.1) is 0 Å². The number of amidine groups is 1. The van der Waals surface area contributed by atoms with Crippen molar-refractivity contribution in [2.45, 2.75) is 13.8 Å². The smallest absolute Gasteiger partial charge is 0.264 e. The van der Waals surface area contributed by atoms with Gasteiger partial charge in [0, 0.05) is 23.2 Å².